The van der Waals surface area contributed by atoms with E-state index in [4.69, 9.17) is 14.2 Å². The highest BCUT2D eigenvalue weighted by Crippen LogP contribution is 2.27. The van der Waals surface area contributed by atoms with E-state index in [1.54, 1.807) is 32.4 Å². The summed E-state index contributed by atoms with van der Waals surface area (Å²) in [6.45, 7) is 1.26. The van der Waals surface area contributed by atoms with Crippen LogP contribution in [0, 0.1) is 0 Å². The van der Waals surface area contributed by atoms with Crippen LogP contribution in [0.4, 0.5) is 0 Å². The van der Waals surface area contributed by atoms with E-state index in [-0.39, 0.29) is 17.9 Å². The predicted molar refractivity (Wildman–Crippen MR) is 113 cm³/mol. The number of nitrogens with one attached hydrogen (secondary N) is 1. The molecule has 0 bridgehead atoms. The Kier molecular flexibility index (Phi) is 7.17. The van der Waals surface area contributed by atoms with Crippen molar-refractivity contribution in [1.82, 2.24) is 10.2 Å². The van der Waals surface area contributed by atoms with Crippen LogP contribution in [0.2, 0.25) is 0 Å². The van der Waals surface area contributed by atoms with Gasteiger partial charge in [0.05, 0.1) is 27.8 Å². The fourth-order valence-electron chi connectivity index (χ4n) is 3.55. The van der Waals surface area contributed by atoms with Crippen LogP contribution in [0.5, 0.6) is 17.2 Å². The van der Waals surface area contributed by atoms with Gasteiger partial charge < -0.3 is 24.4 Å². The molecule has 3 rings (SSSR count). The Labute approximate surface area is 176 Å². The zero-order valence-electron chi connectivity index (χ0n) is 17.6. The fraction of sp³-hybridized carbons (Fsp3) is 0.391. The van der Waals surface area contributed by atoms with E-state index >= 15 is 0 Å². The van der Waals surface area contributed by atoms with Crippen LogP contribution in [0.1, 0.15) is 28.8 Å². The molecule has 7 heteroatoms. The molecule has 2 aromatic rings. The number of piperidine rings is 1. The van der Waals surface area contributed by atoms with Gasteiger partial charge in [0.2, 0.25) is 5.91 Å². The summed E-state index contributed by atoms with van der Waals surface area (Å²) >= 11 is 0. The van der Waals surface area contributed by atoms with Gasteiger partial charge in [0.25, 0.3) is 5.91 Å². The van der Waals surface area contributed by atoms with Crippen molar-refractivity contribution in [2.45, 2.75) is 25.3 Å². The minimum Gasteiger partial charge on any atom is -0.497 e. The van der Waals surface area contributed by atoms with Gasteiger partial charge in [0.1, 0.15) is 5.75 Å². The van der Waals surface area contributed by atoms with Gasteiger partial charge >= 0.3 is 0 Å². The van der Waals surface area contributed by atoms with E-state index in [0.717, 1.165) is 24.2 Å². The van der Waals surface area contributed by atoms with Gasteiger partial charge in [-0.2, -0.15) is 0 Å². The molecular weight excluding hydrogens is 384 g/mol. The number of hydrogen-bond donors (Lipinski definition) is 1. The number of benzene rings is 2. The van der Waals surface area contributed by atoms with Gasteiger partial charge in [-0.1, -0.05) is 12.1 Å². The second kappa shape index (κ2) is 10.0. The number of carbonyl (C=O) groups is 2. The predicted octanol–water partition coefficient (Wildman–Crippen LogP) is 2.68. The van der Waals surface area contributed by atoms with Crippen LogP contribution < -0.4 is 19.5 Å². The van der Waals surface area contributed by atoms with Crippen LogP contribution in [0.25, 0.3) is 0 Å². The standard InChI is InChI=1S/C23H28N2O5/c1-28-19-7-4-16(5-8-19)14-22(26)25-12-10-18(11-13-25)24-23(27)17-6-9-20(29-2)21(15-17)30-3/h4-9,15,18H,10-14H2,1-3H3,(H,24,27). The Balaban J connectivity index is 1.50. The van der Waals surface area contributed by atoms with E-state index in [2.05, 4.69) is 5.32 Å². The number of carbonyl (C=O) groups excluding carboxylic acids is 2. The molecule has 2 amide bonds. The first-order valence-electron chi connectivity index (χ1n) is 9.97. The Morgan fingerprint density at radius 3 is 2.20 bits per heavy atom. The van der Waals surface area contributed by atoms with Crippen molar-refractivity contribution in [2.24, 2.45) is 0 Å². The molecule has 160 valence electrons. The molecule has 0 atom stereocenters. The van der Waals surface area contributed by atoms with Crippen LogP contribution in [0.15, 0.2) is 42.5 Å². The minimum atomic E-state index is -0.154. The highest BCUT2D eigenvalue weighted by atomic mass is 16.5. The third-order valence-corrected chi connectivity index (χ3v) is 5.34. The average molecular weight is 412 g/mol. The van der Waals surface area contributed by atoms with Crippen LogP contribution in [-0.2, 0) is 11.2 Å². The van der Waals surface area contributed by atoms with Gasteiger partial charge in [-0.15, -0.1) is 0 Å². The number of nitrogens with zero attached hydrogens (tertiary/aromatic N) is 1. The first-order valence-corrected chi connectivity index (χ1v) is 9.97. The zero-order valence-corrected chi connectivity index (χ0v) is 17.6. The maximum Gasteiger partial charge on any atom is 0.251 e. The Morgan fingerprint density at radius 2 is 1.60 bits per heavy atom. The Bertz CT molecular complexity index is 874. The lowest BCUT2D eigenvalue weighted by Gasteiger charge is -2.32. The summed E-state index contributed by atoms with van der Waals surface area (Å²) in [4.78, 5) is 27.0. The highest BCUT2D eigenvalue weighted by Gasteiger charge is 2.24. The quantitative estimate of drug-likeness (QED) is 0.757. The molecule has 0 saturated carbocycles. The molecule has 0 spiro atoms. The molecule has 1 aliphatic rings. The topological polar surface area (TPSA) is 77.1 Å². The highest BCUT2D eigenvalue weighted by molar-refractivity contribution is 5.95. The van der Waals surface area contributed by atoms with Crippen molar-refractivity contribution in [3.63, 3.8) is 0 Å². The van der Waals surface area contributed by atoms with E-state index in [1.165, 1.54) is 7.11 Å². The molecule has 1 aliphatic heterocycles. The Morgan fingerprint density at radius 1 is 0.933 bits per heavy atom. The maximum atomic E-state index is 12.6. The van der Waals surface area contributed by atoms with Crippen LogP contribution in [-0.4, -0.2) is 57.2 Å². The molecule has 0 unspecified atom stereocenters. The first kappa shape index (κ1) is 21.5. The smallest absolute Gasteiger partial charge is 0.251 e. The summed E-state index contributed by atoms with van der Waals surface area (Å²) < 4.78 is 15.6. The second-order valence-corrected chi connectivity index (χ2v) is 7.22. The first-order chi connectivity index (χ1) is 14.5. The van der Waals surface area contributed by atoms with Gasteiger partial charge in [-0.25, -0.2) is 0 Å². The summed E-state index contributed by atoms with van der Waals surface area (Å²) in [5.41, 5.74) is 1.48. The van der Waals surface area contributed by atoms with Gasteiger partial charge in [-0.05, 0) is 48.7 Å². The number of likely N-dealkylation sites (tertiary alicyclic amines) is 1. The molecule has 1 N–H and O–H groups in total. The average Bonchev–Trinajstić information content (AvgIpc) is 2.79. The number of methoxy groups -OCH3 is 3. The fourth-order valence-corrected chi connectivity index (χ4v) is 3.55. The van der Waals surface area contributed by atoms with E-state index < -0.39 is 0 Å². The van der Waals surface area contributed by atoms with Crippen molar-refractivity contribution in [3.8, 4) is 17.2 Å². The molecule has 0 radical (unpaired) electrons. The van der Waals surface area contributed by atoms with Crippen molar-refractivity contribution in [2.75, 3.05) is 34.4 Å². The largest absolute Gasteiger partial charge is 0.497 e. The number of hydrogen-bond acceptors (Lipinski definition) is 5. The molecule has 0 aromatic heterocycles. The molecule has 7 nitrogen and oxygen atoms in total. The lowest BCUT2D eigenvalue weighted by Crippen LogP contribution is -2.47. The lowest BCUT2D eigenvalue weighted by molar-refractivity contribution is -0.131. The van der Waals surface area contributed by atoms with E-state index in [0.29, 0.717) is 36.6 Å². The van der Waals surface area contributed by atoms with Crippen LogP contribution >= 0.6 is 0 Å². The molecule has 30 heavy (non-hydrogen) atoms. The maximum absolute atomic E-state index is 12.6. The lowest BCUT2D eigenvalue weighted by atomic mass is 10.0. The number of ether oxygens (including phenoxy) is 3. The summed E-state index contributed by atoms with van der Waals surface area (Å²) in [5.74, 6) is 1.82. The molecular formula is C23H28N2O5. The zero-order chi connectivity index (χ0) is 21.5. The number of rotatable bonds is 7. The summed E-state index contributed by atoms with van der Waals surface area (Å²) in [5, 5.41) is 3.06. The molecule has 0 aliphatic carbocycles. The SMILES string of the molecule is COc1ccc(CC(=O)N2CCC(NC(=O)c3ccc(OC)c(OC)c3)CC2)cc1. The van der Waals surface area contributed by atoms with E-state index in [9.17, 15) is 9.59 Å². The van der Waals surface area contributed by atoms with Gasteiger partial charge in [0.15, 0.2) is 11.5 Å². The molecule has 1 saturated heterocycles. The van der Waals surface area contributed by atoms with Crippen molar-refractivity contribution in [1.29, 1.82) is 0 Å². The Hall–Kier alpha value is -3.22. The molecule has 2 aromatic carbocycles. The number of amides is 2. The monoisotopic (exact) mass is 412 g/mol. The summed E-state index contributed by atoms with van der Waals surface area (Å²) in [6.07, 6.45) is 1.83. The summed E-state index contributed by atoms with van der Waals surface area (Å²) in [7, 11) is 4.72. The third-order valence-electron chi connectivity index (χ3n) is 5.34. The molecule has 1 fully saturated rings. The van der Waals surface area contributed by atoms with Crippen molar-refractivity contribution in [3.05, 3.63) is 53.6 Å². The summed E-state index contributed by atoms with van der Waals surface area (Å²) in [6, 6.07) is 12.7. The van der Waals surface area contributed by atoms with Crippen molar-refractivity contribution < 1.29 is 23.8 Å². The third kappa shape index (κ3) is 5.23. The van der Waals surface area contributed by atoms with Gasteiger partial charge in [-0.3, -0.25) is 9.59 Å². The van der Waals surface area contributed by atoms with E-state index in [1.807, 2.05) is 29.2 Å². The minimum absolute atomic E-state index is 0.0376. The molecule has 1 heterocycles. The van der Waals surface area contributed by atoms with Gasteiger partial charge in [0, 0.05) is 24.7 Å². The normalized spacial score (nSPS) is 14.2. The van der Waals surface area contributed by atoms with Crippen LogP contribution in [0.3, 0.4) is 0 Å². The second-order valence-electron chi connectivity index (χ2n) is 7.22. The van der Waals surface area contributed by atoms with Crippen molar-refractivity contribution >= 4 is 11.8 Å².